The molecule has 0 saturated heterocycles. The molecule has 35 heavy (non-hydrogen) atoms. The minimum absolute atomic E-state index is 0.125. The van der Waals surface area contributed by atoms with Crippen molar-refractivity contribution in [2.75, 3.05) is 6.61 Å². The third kappa shape index (κ3) is 6.02. The molecule has 6 heteroatoms. The third-order valence-corrected chi connectivity index (χ3v) is 11.2. The zero-order valence-electron chi connectivity index (χ0n) is 21.3. The maximum Gasteiger partial charge on any atom is 0.261 e. The Hall–Kier alpha value is -3.35. The summed E-state index contributed by atoms with van der Waals surface area (Å²) in [7, 11) is -2.68. The largest absolute Gasteiger partial charge is 0.508 e. The molecule has 184 valence electrons. The van der Waals surface area contributed by atoms with Gasteiger partial charge in [0.1, 0.15) is 11.6 Å². The Bertz CT molecular complexity index is 1140. The number of aliphatic imine (C=N–C) groups is 1. The lowest BCUT2D eigenvalue weighted by Crippen LogP contribution is -2.67. The highest BCUT2D eigenvalue weighted by Gasteiger charge is 2.50. The number of phenolic OH excluding ortho intramolecular Hbond substituents is 1. The van der Waals surface area contributed by atoms with E-state index < -0.39 is 13.7 Å². The van der Waals surface area contributed by atoms with Gasteiger partial charge in [-0.25, -0.2) is 4.99 Å². The smallest absolute Gasteiger partial charge is 0.261 e. The number of benzene rings is 3. The van der Waals surface area contributed by atoms with Crippen molar-refractivity contribution in [2.24, 2.45) is 21.9 Å². The molecule has 0 bridgehead atoms. The van der Waals surface area contributed by atoms with Gasteiger partial charge in [0.2, 0.25) is 0 Å². The van der Waals surface area contributed by atoms with Crippen molar-refractivity contribution in [1.82, 2.24) is 0 Å². The Morgan fingerprint density at radius 2 is 1.40 bits per heavy atom. The molecule has 0 radical (unpaired) electrons. The molecule has 3 aromatic carbocycles. The first-order chi connectivity index (χ1) is 16.5. The minimum Gasteiger partial charge on any atom is -0.508 e. The molecule has 0 amide bonds. The molecule has 0 aromatic heterocycles. The van der Waals surface area contributed by atoms with Gasteiger partial charge in [-0.15, -0.1) is 0 Å². The summed E-state index contributed by atoms with van der Waals surface area (Å²) in [5, 5.41) is 12.0. The Balaban J connectivity index is 1.96. The molecular formula is C29H37N3O2Si. The Labute approximate surface area is 210 Å². The van der Waals surface area contributed by atoms with Gasteiger partial charge < -0.3 is 21.0 Å². The topological polar surface area (TPSA) is 93.9 Å². The highest BCUT2D eigenvalue weighted by molar-refractivity contribution is 6.99. The number of nitrogens with two attached hydrogens (primary N) is 2. The van der Waals surface area contributed by atoms with E-state index in [1.165, 1.54) is 10.4 Å². The normalized spacial score (nSPS) is 13.6. The van der Waals surface area contributed by atoms with E-state index in [0.29, 0.717) is 18.0 Å². The lowest BCUT2D eigenvalue weighted by molar-refractivity contribution is 0.198. The monoisotopic (exact) mass is 487 g/mol. The van der Waals surface area contributed by atoms with Gasteiger partial charge in [-0.3, -0.25) is 0 Å². The third-order valence-electron chi connectivity index (χ3n) is 6.24. The van der Waals surface area contributed by atoms with Gasteiger partial charge in [-0.05, 0) is 33.6 Å². The van der Waals surface area contributed by atoms with Crippen LogP contribution in [0, 0.1) is 5.41 Å². The van der Waals surface area contributed by atoms with Gasteiger partial charge in [-0.1, -0.05) is 101 Å². The number of rotatable bonds is 8. The van der Waals surface area contributed by atoms with Crippen LogP contribution in [-0.2, 0) is 4.43 Å². The first-order valence-electron chi connectivity index (χ1n) is 11.8. The fourth-order valence-electron chi connectivity index (χ4n) is 4.23. The van der Waals surface area contributed by atoms with Gasteiger partial charge in [0.05, 0.1) is 5.69 Å². The van der Waals surface area contributed by atoms with Crippen LogP contribution in [0.2, 0.25) is 5.04 Å². The van der Waals surface area contributed by atoms with Gasteiger partial charge in [-0.2, -0.15) is 0 Å². The molecule has 0 aliphatic heterocycles. The van der Waals surface area contributed by atoms with Gasteiger partial charge >= 0.3 is 0 Å². The summed E-state index contributed by atoms with van der Waals surface area (Å²) in [5.74, 6) is 0.404. The number of aromatic hydroxyl groups is 1. The Kier molecular flexibility index (Phi) is 7.88. The van der Waals surface area contributed by atoms with E-state index >= 15 is 0 Å². The zero-order valence-corrected chi connectivity index (χ0v) is 22.3. The lowest BCUT2D eigenvalue weighted by Gasteiger charge is -2.44. The average Bonchev–Trinajstić information content (AvgIpc) is 2.80. The van der Waals surface area contributed by atoms with Crippen molar-refractivity contribution in [3.8, 4) is 5.75 Å². The molecule has 5 N–H and O–H groups in total. The number of hydrogen-bond acceptors (Lipinski definition) is 4. The zero-order chi connectivity index (χ0) is 25.7. The first kappa shape index (κ1) is 26.3. The Morgan fingerprint density at radius 1 is 0.857 bits per heavy atom. The summed E-state index contributed by atoms with van der Waals surface area (Å²) in [6.07, 6.45) is 1.68. The van der Waals surface area contributed by atoms with E-state index in [9.17, 15) is 5.11 Å². The predicted molar refractivity (Wildman–Crippen MR) is 149 cm³/mol. The molecule has 0 atom stereocenters. The molecule has 0 unspecified atom stereocenters. The van der Waals surface area contributed by atoms with E-state index in [1.807, 2.05) is 12.1 Å². The fraction of sp³-hybridized carbons (Fsp3) is 0.276. The van der Waals surface area contributed by atoms with Crippen LogP contribution < -0.4 is 21.8 Å². The summed E-state index contributed by atoms with van der Waals surface area (Å²) >= 11 is 0. The van der Waals surface area contributed by atoms with E-state index in [2.05, 4.69) is 88.1 Å². The number of nitrogens with zero attached hydrogens (tertiary/aromatic N) is 1. The van der Waals surface area contributed by atoms with Crippen LogP contribution >= 0.6 is 0 Å². The van der Waals surface area contributed by atoms with Gasteiger partial charge in [0.25, 0.3) is 8.32 Å². The van der Waals surface area contributed by atoms with E-state index in [4.69, 9.17) is 15.9 Å². The van der Waals surface area contributed by atoms with Gasteiger partial charge in [0, 0.05) is 23.8 Å². The van der Waals surface area contributed by atoms with Crippen LogP contribution in [0.15, 0.2) is 102 Å². The second-order valence-corrected chi connectivity index (χ2v) is 14.8. The number of hydrogen-bond donors (Lipinski definition) is 3. The van der Waals surface area contributed by atoms with Crippen molar-refractivity contribution in [2.45, 2.75) is 39.7 Å². The average molecular weight is 488 g/mol. The van der Waals surface area contributed by atoms with Crippen LogP contribution in [-0.4, -0.2) is 25.9 Å². The van der Waals surface area contributed by atoms with Crippen molar-refractivity contribution < 1.29 is 9.53 Å². The quantitative estimate of drug-likeness (QED) is 0.241. The number of phenols is 1. The summed E-state index contributed by atoms with van der Waals surface area (Å²) in [4.78, 5) is 4.36. The van der Waals surface area contributed by atoms with Crippen molar-refractivity contribution in [1.29, 1.82) is 0 Å². The lowest BCUT2D eigenvalue weighted by atomic mass is 9.90. The molecular weight excluding hydrogens is 450 g/mol. The first-order valence-corrected chi connectivity index (χ1v) is 13.7. The van der Waals surface area contributed by atoms with E-state index in [-0.39, 0.29) is 16.6 Å². The Morgan fingerprint density at radius 3 is 1.89 bits per heavy atom. The SMILES string of the molecule is CC(C)(CO[Si](c1ccccc1)(c1ccccc1)C(C)(C)C)C(N)=CC(N)=Nc1cccc(O)c1. The molecule has 0 aliphatic rings. The standard InChI is InChI=1S/C29H37N3O2Si/c1-28(2,3)35(24-15-8-6-9-16-24,25-17-10-7-11-18-25)34-21-29(4,5)26(30)20-27(31)32-22-13-12-14-23(33)19-22/h6-20,33H,21,30H2,1-5H3,(H2,31,32). The van der Waals surface area contributed by atoms with E-state index in [1.54, 1.807) is 30.3 Å². The molecule has 3 aromatic rings. The second-order valence-electron chi connectivity index (χ2n) is 10.5. The van der Waals surface area contributed by atoms with Crippen LogP contribution in [0.4, 0.5) is 5.69 Å². The highest BCUT2D eigenvalue weighted by Crippen LogP contribution is 2.38. The molecule has 0 spiro atoms. The summed E-state index contributed by atoms with van der Waals surface area (Å²) in [6, 6.07) is 27.7. The van der Waals surface area contributed by atoms with Gasteiger partial charge in [0.15, 0.2) is 0 Å². The highest BCUT2D eigenvalue weighted by atomic mass is 28.4. The maximum absolute atomic E-state index is 9.67. The number of amidine groups is 1. The predicted octanol–water partition coefficient (Wildman–Crippen LogP) is 4.83. The van der Waals surface area contributed by atoms with Crippen LogP contribution in [0.5, 0.6) is 5.75 Å². The fourth-order valence-corrected chi connectivity index (χ4v) is 8.97. The van der Waals surface area contributed by atoms with Crippen LogP contribution in [0.3, 0.4) is 0 Å². The molecule has 3 rings (SSSR count). The summed E-state index contributed by atoms with van der Waals surface area (Å²) < 4.78 is 7.07. The van der Waals surface area contributed by atoms with Crippen molar-refractivity contribution in [3.05, 3.63) is 96.7 Å². The second kappa shape index (κ2) is 10.5. The van der Waals surface area contributed by atoms with Crippen molar-refractivity contribution in [3.63, 3.8) is 0 Å². The van der Waals surface area contributed by atoms with Crippen LogP contribution in [0.25, 0.3) is 0 Å². The molecule has 0 saturated carbocycles. The minimum atomic E-state index is -2.68. The summed E-state index contributed by atoms with van der Waals surface area (Å²) in [6.45, 7) is 11.3. The maximum atomic E-state index is 9.67. The molecule has 0 heterocycles. The molecule has 5 nitrogen and oxygen atoms in total. The van der Waals surface area contributed by atoms with Crippen molar-refractivity contribution >= 4 is 30.2 Å². The molecule has 0 aliphatic carbocycles. The summed E-state index contributed by atoms with van der Waals surface area (Å²) in [5.41, 5.74) is 13.4. The van der Waals surface area contributed by atoms with E-state index in [0.717, 1.165) is 0 Å². The molecule has 0 fully saturated rings. The van der Waals surface area contributed by atoms with Crippen LogP contribution in [0.1, 0.15) is 34.6 Å².